The van der Waals surface area contributed by atoms with Crippen LogP contribution in [0.3, 0.4) is 0 Å². The van der Waals surface area contributed by atoms with E-state index in [0.29, 0.717) is 5.92 Å². The summed E-state index contributed by atoms with van der Waals surface area (Å²) in [5.41, 5.74) is 10.5. The van der Waals surface area contributed by atoms with Crippen molar-refractivity contribution in [1.29, 1.82) is 0 Å². The van der Waals surface area contributed by atoms with E-state index in [-0.39, 0.29) is 0 Å². The first-order valence-electron chi connectivity index (χ1n) is 12.1. The highest BCUT2D eigenvalue weighted by Gasteiger charge is 2.23. The molecule has 164 valence electrons. The number of hydrogen-bond acceptors (Lipinski definition) is 0. The summed E-state index contributed by atoms with van der Waals surface area (Å²) < 4.78 is 0. The summed E-state index contributed by atoms with van der Waals surface area (Å²) in [6.07, 6.45) is 5.72. The second-order valence-corrected chi connectivity index (χ2v) is 9.61. The Kier molecular flexibility index (Phi) is 6.01. The Labute approximate surface area is 198 Å². The summed E-state index contributed by atoms with van der Waals surface area (Å²) in [5.74, 6) is 0.671. The summed E-state index contributed by atoms with van der Waals surface area (Å²) in [5, 5.41) is 2.92. The third-order valence-electron chi connectivity index (χ3n) is 7.17. The number of hydrogen-bond donors (Lipinski definition) is 0. The Hall–Kier alpha value is -3.38. The van der Waals surface area contributed by atoms with Gasteiger partial charge in [-0.15, -0.1) is 0 Å². The minimum Gasteiger partial charge on any atom is -0.0955 e. The van der Waals surface area contributed by atoms with Crippen molar-refractivity contribution in [3.63, 3.8) is 0 Å². The van der Waals surface area contributed by atoms with Crippen molar-refractivity contribution in [3.05, 3.63) is 131 Å². The van der Waals surface area contributed by atoms with E-state index in [1.807, 2.05) is 6.92 Å². The standard InChI is InChI=1S/C33H32/c1-23(2)27-17-19-28(20-18-27)24(3)21-26-15-13-25(14-16-26)7-4-10-30-22-31-11-5-8-29-9-6-12-32(30)33(29)31/h5-6,8-9,11-20,30H,1,3-4,7,10,21-22H2,2H3. The van der Waals surface area contributed by atoms with Gasteiger partial charge in [-0.2, -0.15) is 0 Å². The predicted octanol–water partition coefficient (Wildman–Crippen LogP) is 8.79. The fraction of sp³-hybridized carbons (Fsp3) is 0.212. The lowest BCUT2D eigenvalue weighted by molar-refractivity contribution is 0.605. The van der Waals surface area contributed by atoms with Gasteiger partial charge < -0.3 is 0 Å². The molecule has 5 rings (SSSR count). The lowest BCUT2D eigenvalue weighted by Gasteiger charge is -2.12. The predicted molar refractivity (Wildman–Crippen MR) is 144 cm³/mol. The molecular weight excluding hydrogens is 396 g/mol. The molecule has 0 nitrogen and oxygen atoms in total. The van der Waals surface area contributed by atoms with Crippen molar-refractivity contribution in [1.82, 2.24) is 0 Å². The van der Waals surface area contributed by atoms with Crippen LogP contribution in [0.5, 0.6) is 0 Å². The van der Waals surface area contributed by atoms with Gasteiger partial charge in [-0.1, -0.05) is 104 Å². The van der Waals surface area contributed by atoms with Gasteiger partial charge in [-0.25, -0.2) is 0 Å². The van der Waals surface area contributed by atoms with E-state index in [1.165, 1.54) is 57.9 Å². The normalized spacial score (nSPS) is 14.5. The largest absolute Gasteiger partial charge is 0.0955 e. The van der Waals surface area contributed by atoms with Gasteiger partial charge >= 0.3 is 0 Å². The minimum absolute atomic E-state index is 0.671. The maximum absolute atomic E-state index is 4.32. The number of benzene rings is 4. The molecule has 0 heteroatoms. The molecule has 1 aliphatic rings. The average molecular weight is 429 g/mol. The van der Waals surface area contributed by atoms with Crippen LogP contribution in [0.2, 0.25) is 0 Å². The van der Waals surface area contributed by atoms with Crippen LogP contribution in [0.4, 0.5) is 0 Å². The fourth-order valence-electron chi connectivity index (χ4n) is 5.31. The van der Waals surface area contributed by atoms with Crippen LogP contribution in [-0.4, -0.2) is 0 Å². The van der Waals surface area contributed by atoms with Crippen molar-refractivity contribution in [2.24, 2.45) is 0 Å². The maximum atomic E-state index is 4.32. The van der Waals surface area contributed by atoms with Crippen LogP contribution < -0.4 is 0 Å². The highest BCUT2D eigenvalue weighted by Crippen LogP contribution is 2.40. The van der Waals surface area contributed by atoms with Crippen molar-refractivity contribution >= 4 is 21.9 Å². The van der Waals surface area contributed by atoms with Gasteiger partial charge in [0.05, 0.1) is 0 Å². The van der Waals surface area contributed by atoms with E-state index in [2.05, 4.69) is 98.1 Å². The van der Waals surface area contributed by atoms with Gasteiger partial charge in [0.1, 0.15) is 0 Å². The third kappa shape index (κ3) is 4.57. The molecule has 1 atom stereocenters. The first kappa shape index (κ1) is 21.5. The molecule has 0 spiro atoms. The minimum atomic E-state index is 0.671. The average Bonchev–Trinajstić information content (AvgIpc) is 3.20. The summed E-state index contributed by atoms with van der Waals surface area (Å²) in [7, 11) is 0. The van der Waals surface area contributed by atoms with Crippen molar-refractivity contribution < 1.29 is 0 Å². The topological polar surface area (TPSA) is 0 Å². The van der Waals surface area contributed by atoms with Gasteiger partial charge in [-0.05, 0) is 94.7 Å². The molecule has 0 N–H and O–H groups in total. The smallest absolute Gasteiger partial charge is 0.00257 e. The van der Waals surface area contributed by atoms with Crippen LogP contribution in [-0.2, 0) is 19.3 Å². The molecule has 0 fully saturated rings. The zero-order valence-corrected chi connectivity index (χ0v) is 19.6. The monoisotopic (exact) mass is 428 g/mol. The van der Waals surface area contributed by atoms with Crippen molar-refractivity contribution in [2.75, 3.05) is 0 Å². The van der Waals surface area contributed by atoms with Gasteiger partial charge in [0.15, 0.2) is 0 Å². The summed E-state index contributed by atoms with van der Waals surface area (Å²) in [6, 6.07) is 31.3. The van der Waals surface area contributed by atoms with E-state index >= 15 is 0 Å². The summed E-state index contributed by atoms with van der Waals surface area (Å²) >= 11 is 0. The zero-order valence-electron chi connectivity index (χ0n) is 19.6. The molecule has 4 aromatic carbocycles. The molecule has 0 saturated carbocycles. The molecular formula is C33H32. The van der Waals surface area contributed by atoms with Crippen LogP contribution in [0.25, 0.3) is 21.9 Å². The molecule has 0 heterocycles. The number of rotatable bonds is 8. The summed E-state index contributed by atoms with van der Waals surface area (Å²) in [6.45, 7) is 10.4. The number of aryl methyl sites for hydroxylation is 1. The first-order chi connectivity index (χ1) is 16.1. The van der Waals surface area contributed by atoms with E-state index < -0.39 is 0 Å². The molecule has 0 amide bonds. The number of allylic oxidation sites excluding steroid dienone is 2. The van der Waals surface area contributed by atoms with Gasteiger partial charge in [-0.3, -0.25) is 0 Å². The fourth-order valence-corrected chi connectivity index (χ4v) is 5.31. The van der Waals surface area contributed by atoms with Crippen LogP contribution >= 0.6 is 0 Å². The SMILES string of the molecule is C=C(C)c1ccc(C(=C)Cc2ccc(CCCC3Cc4cccc5cccc3c45)cc2)cc1. The van der Waals surface area contributed by atoms with Gasteiger partial charge in [0, 0.05) is 0 Å². The lowest BCUT2D eigenvalue weighted by atomic mass is 9.93. The van der Waals surface area contributed by atoms with Crippen LogP contribution in [0, 0.1) is 0 Å². The molecule has 4 aromatic rings. The Morgan fingerprint density at radius 1 is 0.788 bits per heavy atom. The van der Waals surface area contributed by atoms with Crippen molar-refractivity contribution in [3.8, 4) is 0 Å². The second-order valence-electron chi connectivity index (χ2n) is 9.61. The highest BCUT2D eigenvalue weighted by molar-refractivity contribution is 5.91. The van der Waals surface area contributed by atoms with E-state index in [4.69, 9.17) is 0 Å². The van der Waals surface area contributed by atoms with E-state index in [0.717, 1.165) is 24.0 Å². The third-order valence-corrected chi connectivity index (χ3v) is 7.17. The Bertz CT molecular complexity index is 1300. The molecule has 1 unspecified atom stereocenters. The first-order valence-corrected chi connectivity index (χ1v) is 12.1. The summed E-state index contributed by atoms with van der Waals surface area (Å²) in [4.78, 5) is 0. The Morgan fingerprint density at radius 2 is 1.45 bits per heavy atom. The molecule has 0 aromatic heterocycles. The molecule has 33 heavy (non-hydrogen) atoms. The molecule has 1 aliphatic carbocycles. The molecule has 0 aliphatic heterocycles. The highest BCUT2D eigenvalue weighted by atomic mass is 14.3. The quantitative estimate of drug-likeness (QED) is 0.263. The van der Waals surface area contributed by atoms with Crippen molar-refractivity contribution in [2.45, 2.75) is 44.9 Å². The maximum Gasteiger partial charge on any atom is -0.00257 e. The molecule has 0 radical (unpaired) electrons. The van der Waals surface area contributed by atoms with Gasteiger partial charge in [0.25, 0.3) is 0 Å². The lowest BCUT2D eigenvalue weighted by Crippen LogP contribution is -1.98. The zero-order chi connectivity index (χ0) is 22.8. The molecule has 0 bridgehead atoms. The molecule has 0 saturated heterocycles. The Balaban J connectivity index is 1.15. The van der Waals surface area contributed by atoms with Crippen LogP contribution in [0.15, 0.2) is 98.1 Å². The van der Waals surface area contributed by atoms with Gasteiger partial charge in [0.2, 0.25) is 0 Å². The van der Waals surface area contributed by atoms with Crippen LogP contribution in [0.1, 0.15) is 59.1 Å². The Morgan fingerprint density at radius 3 is 2.18 bits per heavy atom. The van der Waals surface area contributed by atoms with E-state index in [1.54, 1.807) is 5.56 Å². The second kappa shape index (κ2) is 9.24. The van der Waals surface area contributed by atoms with E-state index in [9.17, 15) is 0 Å².